The van der Waals surface area contributed by atoms with Gasteiger partial charge in [-0.3, -0.25) is 4.79 Å². The van der Waals surface area contributed by atoms with Crippen LogP contribution in [0, 0.1) is 0 Å². The van der Waals surface area contributed by atoms with Crippen molar-refractivity contribution >= 4 is 21.8 Å². The highest BCUT2D eigenvalue weighted by molar-refractivity contribution is 9.10. The molecule has 1 heterocycles. The van der Waals surface area contributed by atoms with Crippen LogP contribution < -0.4 is 10.1 Å². The Bertz CT molecular complexity index is 459. The number of hydrogen-bond acceptors (Lipinski definition) is 2. The first-order valence-electron chi connectivity index (χ1n) is 4.23. The van der Waals surface area contributed by atoms with E-state index in [4.69, 9.17) is 0 Å². The summed E-state index contributed by atoms with van der Waals surface area (Å²) in [6.07, 6.45) is -4.76. The van der Waals surface area contributed by atoms with Gasteiger partial charge in [-0.1, -0.05) is 15.9 Å². The number of alkyl halides is 3. The maximum atomic E-state index is 12.1. The number of carbonyl (C=O) groups excluding carboxylic acids is 1. The van der Waals surface area contributed by atoms with Crippen LogP contribution in [-0.2, 0) is 6.54 Å². The number of ether oxygens (including phenoxy) is 1. The summed E-state index contributed by atoms with van der Waals surface area (Å²) in [5, 5.41) is 2.43. The molecule has 0 aromatic heterocycles. The average molecular weight is 296 g/mol. The molecule has 0 spiro atoms. The molecule has 0 radical (unpaired) electrons. The molecule has 2 rings (SSSR count). The molecule has 1 N–H and O–H groups in total. The third-order valence-electron chi connectivity index (χ3n) is 2.07. The fourth-order valence-electron chi connectivity index (χ4n) is 1.48. The molecule has 0 bridgehead atoms. The fraction of sp³-hybridized carbons (Fsp3) is 0.222. The molecule has 3 nitrogen and oxygen atoms in total. The van der Waals surface area contributed by atoms with E-state index in [1.54, 1.807) is 0 Å². The maximum Gasteiger partial charge on any atom is 0.573 e. The Labute approximate surface area is 96.7 Å². The van der Waals surface area contributed by atoms with Gasteiger partial charge in [-0.25, -0.2) is 0 Å². The quantitative estimate of drug-likeness (QED) is 0.865. The van der Waals surface area contributed by atoms with Gasteiger partial charge >= 0.3 is 6.36 Å². The van der Waals surface area contributed by atoms with Gasteiger partial charge in [-0.2, -0.15) is 0 Å². The minimum absolute atomic E-state index is 0.0485. The van der Waals surface area contributed by atoms with Crippen LogP contribution in [-0.4, -0.2) is 12.3 Å². The molecule has 7 heteroatoms. The Kier molecular flexibility index (Phi) is 2.57. The molecule has 0 saturated heterocycles. The van der Waals surface area contributed by atoms with Gasteiger partial charge in [0.15, 0.2) is 0 Å². The van der Waals surface area contributed by atoms with Crippen molar-refractivity contribution in [3.8, 4) is 5.75 Å². The van der Waals surface area contributed by atoms with Crippen molar-refractivity contribution in [1.82, 2.24) is 5.32 Å². The molecule has 0 fully saturated rings. The molecule has 0 saturated carbocycles. The second kappa shape index (κ2) is 3.65. The summed E-state index contributed by atoms with van der Waals surface area (Å²) in [5.74, 6) is -0.751. The Hall–Kier alpha value is -1.24. The van der Waals surface area contributed by atoms with Gasteiger partial charge in [0.1, 0.15) is 5.75 Å². The highest BCUT2D eigenvalue weighted by Gasteiger charge is 2.34. The Morgan fingerprint density at radius 2 is 2.06 bits per heavy atom. The van der Waals surface area contributed by atoms with E-state index in [-0.39, 0.29) is 23.4 Å². The van der Waals surface area contributed by atoms with E-state index >= 15 is 0 Å². The zero-order chi connectivity index (χ0) is 11.9. The lowest BCUT2D eigenvalue weighted by Crippen LogP contribution is -2.18. The molecular weight excluding hydrogens is 291 g/mol. The van der Waals surface area contributed by atoms with Crippen molar-refractivity contribution in [3.05, 3.63) is 27.7 Å². The molecule has 1 aromatic rings. The normalized spacial score (nSPS) is 14.6. The van der Waals surface area contributed by atoms with E-state index in [0.29, 0.717) is 4.47 Å². The van der Waals surface area contributed by atoms with Gasteiger partial charge in [0.25, 0.3) is 5.91 Å². The molecule has 16 heavy (non-hydrogen) atoms. The number of halogens is 4. The lowest BCUT2D eigenvalue weighted by atomic mass is 10.1. The first-order chi connectivity index (χ1) is 7.37. The first kappa shape index (κ1) is 11.3. The van der Waals surface area contributed by atoms with Crippen LogP contribution in [0.4, 0.5) is 13.2 Å². The van der Waals surface area contributed by atoms with Crippen molar-refractivity contribution < 1.29 is 22.7 Å². The Morgan fingerprint density at radius 3 is 2.69 bits per heavy atom. The van der Waals surface area contributed by atoms with Crippen LogP contribution in [0.3, 0.4) is 0 Å². The van der Waals surface area contributed by atoms with Gasteiger partial charge in [0.05, 0.1) is 0 Å². The van der Waals surface area contributed by atoms with E-state index in [1.165, 1.54) is 12.1 Å². The van der Waals surface area contributed by atoms with Gasteiger partial charge < -0.3 is 10.1 Å². The fourth-order valence-corrected chi connectivity index (χ4v) is 1.91. The Balaban J connectivity index is 2.47. The minimum Gasteiger partial charge on any atom is -0.405 e. The second-order valence-electron chi connectivity index (χ2n) is 3.16. The number of benzene rings is 1. The van der Waals surface area contributed by atoms with E-state index in [0.717, 1.165) is 0 Å². The summed E-state index contributed by atoms with van der Waals surface area (Å²) in [5.41, 5.74) is 0.430. The van der Waals surface area contributed by atoms with E-state index in [9.17, 15) is 18.0 Å². The number of carbonyl (C=O) groups is 1. The van der Waals surface area contributed by atoms with Crippen LogP contribution in [0.1, 0.15) is 15.9 Å². The number of hydrogen-bond donors (Lipinski definition) is 1. The van der Waals surface area contributed by atoms with Crippen molar-refractivity contribution in [2.45, 2.75) is 12.9 Å². The zero-order valence-corrected chi connectivity index (χ0v) is 9.28. The molecular formula is C9H5BrF3NO2. The average Bonchev–Trinajstić information content (AvgIpc) is 2.45. The number of fused-ring (bicyclic) bond motifs is 1. The monoisotopic (exact) mass is 295 g/mol. The molecule has 1 aliphatic heterocycles. The predicted molar refractivity (Wildman–Crippen MR) is 52.0 cm³/mol. The molecule has 86 valence electrons. The first-order valence-corrected chi connectivity index (χ1v) is 5.02. The minimum atomic E-state index is -4.76. The summed E-state index contributed by atoms with van der Waals surface area (Å²) in [6, 6.07) is 2.65. The van der Waals surface area contributed by atoms with E-state index < -0.39 is 12.3 Å². The summed E-state index contributed by atoms with van der Waals surface area (Å²) >= 11 is 3.02. The lowest BCUT2D eigenvalue weighted by molar-refractivity contribution is -0.274. The zero-order valence-electron chi connectivity index (χ0n) is 7.69. The molecule has 1 aliphatic rings. The summed E-state index contributed by atoms with van der Waals surface area (Å²) in [6.45, 7) is 0.0485. The van der Waals surface area contributed by atoms with Crippen molar-refractivity contribution in [2.75, 3.05) is 0 Å². The van der Waals surface area contributed by atoms with Crippen LogP contribution in [0.2, 0.25) is 0 Å². The maximum absolute atomic E-state index is 12.1. The Morgan fingerprint density at radius 1 is 1.38 bits per heavy atom. The topological polar surface area (TPSA) is 38.3 Å². The highest BCUT2D eigenvalue weighted by Crippen LogP contribution is 2.34. The third-order valence-corrected chi connectivity index (χ3v) is 2.53. The molecule has 0 aliphatic carbocycles. The van der Waals surface area contributed by atoms with Gasteiger partial charge in [-0.05, 0) is 12.1 Å². The van der Waals surface area contributed by atoms with Crippen LogP contribution in [0.5, 0.6) is 5.75 Å². The van der Waals surface area contributed by atoms with E-state index in [1.807, 2.05) is 0 Å². The lowest BCUT2D eigenvalue weighted by Gasteiger charge is -2.12. The van der Waals surface area contributed by atoms with Crippen molar-refractivity contribution in [1.29, 1.82) is 0 Å². The van der Waals surface area contributed by atoms with Gasteiger partial charge in [0, 0.05) is 22.1 Å². The predicted octanol–water partition coefficient (Wildman–Crippen LogP) is 2.59. The van der Waals surface area contributed by atoms with Crippen LogP contribution in [0.15, 0.2) is 16.6 Å². The highest BCUT2D eigenvalue weighted by atomic mass is 79.9. The summed E-state index contributed by atoms with van der Waals surface area (Å²) in [4.78, 5) is 11.3. The molecule has 0 unspecified atom stereocenters. The standard InChI is InChI=1S/C9H5BrF3NO2/c10-4-1-5-6(3-14-8(5)15)7(2-4)16-9(11,12)13/h1-2H,3H2,(H,14,15). The van der Waals surface area contributed by atoms with Gasteiger partial charge in [-0.15, -0.1) is 13.2 Å². The van der Waals surface area contributed by atoms with Gasteiger partial charge in [0.2, 0.25) is 0 Å². The smallest absolute Gasteiger partial charge is 0.405 e. The largest absolute Gasteiger partial charge is 0.573 e. The van der Waals surface area contributed by atoms with Crippen LogP contribution in [0.25, 0.3) is 0 Å². The molecule has 1 amide bonds. The third kappa shape index (κ3) is 2.13. The van der Waals surface area contributed by atoms with Crippen molar-refractivity contribution in [3.63, 3.8) is 0 Å². The second-order valence-corrected chi connectivity index (χ2v) is 4.08. The number of rotatable bonds is 1. The summed E-state index contributed by atoms with van der Waals surface area (Å²) in [7, 11) is 0. The molecule has 1 aromatic carbocycles. The number of nitrogens with one attached hydrogen (secondary N) is 1. The number of amides is 1. The summed E-state index contributed by atoms with van der Waals surface area (Å²) < 4.78 is 40.5. The van der Waals surface area contributed by atoms with Crippen molar-refractivity contribution in [2.24, 2.45) is 0 Å². The van der Waals surface area contributed by atoms with E-state index in [2.05, 4.69) is 26.0 Å². The molecule has 0 atom stereocenters. The van der Waals surface area contributed by atoms with Crippen LogP contribution >= 0.6 is 15.9 Å². The SMILES string of the molecule is O=C1NCc2c(OC(F)(F)F)cc(Br)cc21.